The third-order valence-electron chi connectivity index (χ3n) is 6.23. The van der Waals surface area contributed by atoms with Crippen LogP contribution in [0.25, 0.3) is 11.0 Å². The highest BCUT2D eigenvalue weighted by atomic mass is 16.5. The predicted octanol–water partition coefficient (Wildman–Crippen LogP) is 4.75. The molecule has 4 rings (SSSR count). The third kappa shape index (κ3) is 5.61. The highest BCUT2D eigenvalue weighted by Gasteiger charge is 2.20. The van der Waals surface area contributed by atoms with Gasteiger partial charge in [0.15, 0.2) is 0 Å². The van der Waals surface area contributed by atoms with Gasteiger partial charge in [-0.2, -0.15) is 0 Å². The fourth-order valence-corrected chi connectivity index (χ4v) is 4.46. The van der Waals surface area contributed by atoms with Gasteiger partial charge < -0.3 is 19.4 Å². The number of aryl methyl sites for hydroxylation is 1. The number of amides is 1. The molecule has 0 saturated heterocycles. The van der Waals surface area contributed by atoms with Gasteiger partial charge in [0.1, 0.15) is 23.9 Å². The molecule has 32 heavy (non-hydrogen) atoms. The molecule has 3 aromatic rings. The Morgan fingerprint density at radius 1 is 1.06 bits per heavy atom. The second kappa shape index (κ2) is 11.0. The minimum Gasteiger partial charge on any atom is -0.497 e. The van der Waals surface area contributed by atoms with E-state index in [9.17, 15) is 4.79 Å². The summed E-state index contributed by atoms with van der Waals surface area (Å²) in [6.07, 6.45) is 7.40. The topological polar surface area (TPSA) is 65.4 Å². The van der Waals surface area contributed by atoms with Crippen molar-refractivity contribution in [2.45, 2.75) is 51.5 Å². The van der Waals surface area contributed by atoms with E-state index in [0.29, 0.717) is 13.2 Å². The van der Waals surface area contributed by atoms with Crippen molar-refractivity contribution < 1.29 is 14.3 Å². The van der Waals surface area contributed by atoms with Crippen LogP contribution < -0.4 is 14.8 Å². The molecule has 0 spiro atoms. The van der Waals surface area contributed by atoms with Gasteiger partial charge in [-0.25, -0.2) is 4.98 Å². The van der Waals surface area contributed by atoms with Crippen molar-refractivity contribution in [3.63, 3.8) is 0 Å². The van der Waals surface area contributed by atoms with Crippen LogP contribution in [0.4, 0.5) is 0 Å². The molecule has 1 amide bonds. The Balaban J connectivity index is 1.32. The first-order valence-corrected chi connectivity index (χ1v) is 11.7. The smallest absolute Gasteiger partial charge is 0.223 e. The summed E-state index contributed by atoms with van der Waals surface area (Å²) in [4.78, 5) is 17.2. The van der Waals surface area contributed by atoms with E-state index in [2.05, 4.69) is 16.0 Å². The Labute approximate surface area is 189 Å². The Morgan fingerprint density at radius 2 is 1.81 bits per heavy atom. The summed E-state index contributed by atoms with van der Waals surface area (Å²) in [6.45, 7) is 1.97. The fourth-order valence-electron chi connectivity index (χ4n) is 4.46. The van der Waals surface area contributed by atoms with E-state index in [1.165, 1.54) is 19.3 Å². The molecule has 1 fully saturated rings. The van der Waals surface area contributed by atoms with E-state index in [1.807, 2.05) is 42.5 Å². The minimum atomic E-state index is 0.212. The lowest BCUT2D eigenvalue weighted by Crippen LogP contribution is -2.32. The Kier molecular flexibility index (Phi) is 7.64. The maximum absolute atomic E-state index is 12.4. The highest BCUT2D eigenvalue weighted by molar-refractivity contribution is 5.78. The molecular formula is C26H33N3O3. The van der Waals surface area contributed by atoms with Gasteiger partial charge in [0, 0.05) is 18.9 Å². The summed E-state index contributed by atoms with van der Waals surface area (Å²) in [5.74, 6) is 3.11. The van der Waals surface area contributed by atoms with Gasteiger partial charge in [-0.15, -0.1) is 0 Å². The maximum Gasteiger partial charge on any atom is 0.223 e. The van der Waals surface area contributed by atoms with Gasteiger partial charge in [-0.05, 0) is 55.7 Å². The van der Waals surface area contributed by atoms with Crippen LogP contribution in [0.15, 0.2) is 48.5 Å². The van der Waals surface area contributed by atoms with Crippen LogP contribution in [-0.2, 0) is 17.8 Å². The van der Waals surface area contributed by atoms with Crippen molar-refractivity contribution in [3.05, 3.63) is 54.4 Å². The maximum atomic E-state index is 12.4. The largest absolute Gasteiger partial charge is 0.497 e. The van der Waals surface area contributed by atoms with Crippen molar-refractivity contribution >= 4 is 16.9 Å². The average molecular weight is 436 g/mol. The van der Waals surface area contributed by atoms with Gasteiger partial charge in [0.05, 0.1) is 24.7 Å². The van der Waals surface area contributed by atoms with Crippen LogP contribution in [0.5, 0.6) is 11.5 Å². The quantitative estimate of drug-likeness (QED) is 0.467. The van der Waals surface area contributed by atoms with Crippen molar-refractivity contribution in [1.82, 2.24) is 14.9 Å². The molecule has 0 radical (unpaired) electrons. The summed E-state index contributed by atoms with van der Waals surface area (Å²) in [7, 11) is 1.66. The third-order valence-corrected chi connectivity index (χ3v) is 6.23. The predicted molar refractivity (Wildman–Crippen MR) is 126 cm³/mol. The van der Waals surface area contributed by atoms with Crippen molar-refractivity contribution in [2.24, 2.45) is 5.92 Å². The zero-order valence-corrected chi connectivity index (χ0v) is 18.9. The monoisotopic (exact) mass is 435 g/mol. The second-order valence-electron chi connectivity index (χ2n) is 8.42. The Bertz CT molecular complexity index is 1010. The molecule has 0 unspecified atom stereocenters. The summed E-state index contributed by atoms with van der Waals surface area (Å²) >= 11 is 0. The first-order valence-electron chi connectivity index (χ1n) is 11.7. The number of ether oxygens (including phenoxy) is 2. The molecule has 1 saturated carbocycles. The highest BCUT2D eigenvalue weighted by Crippen LogP contribution is 2.24. The molecule has 1 aromatic heterocycles. The Morgan fingerprint density at radius 3 is 2.59 bits per heavy atom. The molecular weight excluding hydrogens is 402 g/mol. The number of imidazole rings is 1. The first kappa shape index (κ1) is 22.2. The molecule has 1 aliphatic carbocycles. The number of aromatic nitrogens is 2. The van der Waals surface area contributed by atoms with E-state index >= 15 is 0 Å². The minimum absolute atomic E-state index is 0.212. The number of nitrogens with zero attached hydrogens (tertiary/aromatic N) is 2. The zero-order chi connectivity index (χ0) is 22.2. The molecule has 0 aliphatic heterocycles. The lowest BCUT2D eigenvalue weighted by atomic mass is 9.89. The molecule has 0 bridgehead atoms. The van der Waals surface area contributed by atoms with E-state index in [-0.39, 0.29) is 11.8 Å². The van der Waals surface area contributed by atoms with Gasteiger partial charge in [-0.3, -0.25) is 4.79 Å². The van der Waals surface area contributed by atoms with Gasteiger partial charge >= 0.3 is 0 Å². The summed E-state index contributed by atoms with van der Waals surface area (Å²) in [6, 6.07) is 15.8. The molecule has 1 heterocycles. The zero-order valence-electron chi connectivity index (χ0n) is 18.9. The number of methoxy groups -OCH3 is 1. The van der Waals surface area contributed by atoms with Crippen molar-refractivity contribution in [3.8, 4) is 11.5 Å². The number of carbonyl (C=O) groups excluding carboxylic acids is 1. The van der Waals surface area contributed by atoms with Gasteiger partial charge in [0.2, 0.25) is 5.91 Å². The number of rotatable bonds is 10. The van der Waals surface area contributed by atoms with Crippen LogP contribution in [0.2, 0.25) is 0 Å². The number of para-hydroxylation sites is 2. The van der Waals surface area contributed by atoms with Crippen molar-refractivity contribution in [1.29, 1.82) is 0 Å². The van der Waals surface area contributed by atoms with Gasteiger partial charge in [-0.1, -0.05) is 31.4 Å². The number of benzene rings is 2. The number of carbonyl (C=O) groups is 1. The lowest BCUT2D eigenvalue weighted by Gasteiger charge is -2.20. The van der Waals surface area contributed by atoms with Crippen LogP contribution in [0.1, 0.15) is 44.3 Å². The van der Waals surface area contributed by atoms with E-state index in [4.69, 9.17) is 14.5 Å². The fraction of sp³-hybridized carbons (Fsp3) is 0.462. The number of hydrogen-bond donors (Lipinski definition) is 1. The number of fused-ring (bicyclic) bond motifs is 1. The van der Waals surface area contributed by atoms with E-state index in [1.54, 1.807) is 7.11 Å². The van der Waals surface area contributed by atoms with Crippen LogP contribution in [0.3, 0.4) is 0 Å². The molecule has 6 heteroatoms. The first-order chi connectivity index (χ1) is 15.7. The average Bonchev–Trinajstić information content (AvgIpc) is 3.20. The SMILES string of the molecule is COc1ccc(OCCn2c(CCCNC(=O)C3CCCCC3)nc3ccccc32)cc1. The van der Waals surface area contributed by atoms with Gasteiger partial charge in [0.25, 0.3) is 0 Å². The number of nitrogens with one attached hydrogen (secondary N) is 1. The molecule has 170 valence electrons. The second-order valence-corrected chi connectivity index (χ2v) is 8.42. The van der Waals surface area contributed by atoms with Crippen molar-refractivity contribution in [2.75, 3.05) is 20.3 Å². The van der Waals surface area contributed by atoms with Crippen LogP contribution >= 0.6 is 0 Å². The number of hydrogen-bond acceptors (Lipinski definition) is 4. The normalized spacial score (nSPS) is 14.4. The molecule has 2 aromatic carbocycles. The van der Waals surface area contributed by atoms with Crippen LogP contribution in [-0.4, -0.2) is 35.7 Å². The Hall–Kier alpha value is -3.02. The van der Waals surface area contributed by atoms with E-state index < -0.39 is 0 Å². The summed E-state index contributed by atoms with van der Waals surface area (Å²) < 4.78 is 13.4. The standard InChI is InChI=1S/C26H33N3O3/c1-31-21-13-15-22(16-14-21)32-19-18-29-24-11-6-5-10-23(24)28-25(29)12-7-17-27-26(30)20-8-3-2-4-9-20/h5-6,10-11,13-16,20H,2-4,7-9,12,17-19H2,1H3,(H,27,30). The van der Waals surface area contributed by atoms with E-state index in [0.717, 1.165) is 60.6 Å². The molecule has 1 aliphatic rings. The molecule has 1 N–H and O–H groups in total. The molecule has 6 nitrogen and oxygen atoms in total. The van der Waals surface area contributed by atoms with Crippen LogP contribution in [0, 0.1) is 5.92 Å². The summed E-state index contributed by atoms with van der Waals surface area (Å²) in [5, 5.41) is 3.14. The summed E-state index contributed by atoms with van der Waals surface area (Å²) in [5.41, 5.74) is 2.12. The molecule has 0 atom stereocenters. The lowest BCUT2D eigenvalue weighted by molar-refractivity contribution is -0.125.